The first-order valence-corrected chi connectivity index (χ1v) is 6.19. The Morgan fingerprint density at radius 1 is 1.53 bits per heavy atom. The zero-order valence-corrected chi connectivity index (χ0v) is 11.1. The minimum Gasteiger partial charge on any atom is -0.311 e. The fourth-order valence-corrected chi connectivity index (χ4v) is 2.40. The van der Waals surface area contributed by atoms with Gasteiger partial charge in [-0.05, 0) is 13.0 Å². The molecule has 1 heterocycles. The molecule has 2 rings (SSSR count). The van der Waals surface area contributed by atoms with E-state index in [0.29, 0.717) is 18.7 Å². The highest BCUT2D eigenvalue weighted by Gasteiger charge is 2.31. The molecule has 0 aliphatic carbocycles. The van der Waals surface area contributed by atoms with Crippen LogP contribution in [0.5, 0.6) is 0 Å². The summed E-state index contributed by atoms with van der Waals surface area (Å²) in [5.74, 6) is -0.439. The van der Waals surface area contributed by atoms with E-state index in [9.17, 15) is 19.7 Å². The van der Waals surface area contributed by atoms with Crippen molar-refractivity contribution in [3.63, 3.8) is 0 Å². The summed E-state index contributed by atoms with van der Waals surface area (Å²) in [6.45, 7) is 1.72. The zero-order chi connectivity index (χ0) is 14.2. The van der Waals surface area contributed by atoms with Gasteiger partial charge in [-0.15, -0.1) is 0 Å². The number of hydrogen-bond donors (Lipinski definition) is 1. The van der Waals surface area contributed by atoms with Crippen LogP contribution in [0.2, 0.25) is 0 Å². The molecule has 0 spiro atoms. The Bertz CT molecular complexity index is 573. The minimum atomic E-state index is -0.566. The molecule has 6 nitrogen and oxygen atoms in total. The molecule has 19 heavy (non-hydrogen) atoms. The average molecular weight is 280 g/mol. The van der Waals surface area contributed by atoms with Crippen LogP contribution in [0.4, 0.5) is 11.4 Å². The standard InChI is InChI=1S/C12H12N2O4S/c1-7(15)10-4-8(14(17)18)2-3-11(10)13-6-9(19)5-12(13)16/h2-4,9,19H,5-6H2,1H3. The molecule has 1 amide bonds. The summed E-state index contributed by atoms with van der Waals surface area (Å²) in [6, 6.07) is 3.94. The van der Waals surface area contributed by atoms with Gasteiger partial charge in [0.2, 0.25) is 5.91 Å². The predicted molar refractivity (Wildman–Crippen MR) is 72.8 cm³/mol. The SMILES string of the molecule is CC(=O)c1cc([N+](=O)[O-])ccc1N1CC(S)CC1=O. The first-order chi connectivity index (χ1) is 8.90. The van der Waals surface area contributed by atoms with Crippen molar-refractivity contribution in [2.24, 2.45) is 0 Å². The number of carbonyl (C=O) groups is 2. The Labute approximate surface area is 115 Å². The number of nitrogens with zero attached hydrogens (tertiary/aromatic N) is 2. The van der Waals surface area contributed by atoms with Crippen LogP contribution in [0, 0.1) is 10.1 Å². The second kappa shape index (κ2) is 5.00. The lowest BCUT2D eigenvalue weighted by atomic mass is 10.1. The third-order valence-corrected chi connectivity index (χ3v) is 3.31. The molecule has 1 aromatic rings. The lowest BCUT2D eigenvalue weighted by Crippen LogP contribution is -2.26. The molecule has 1 atom stereocenters. The van der Waals surface area contributed by atoms with E-state index in [4.69, 9.17) is 0 Å². The fourth-order valence-electron chi connectivity index (χ4n) is 2.08. The smallest absolute Gasteiger partial charge is 0.270 e. The van der Waals surface area contributed by atoms with Crippen molar-refractivity contribution in [1.29, 1.82) is 0 Å². The summed E-state index contributed by atoms with van der Waals surface area (Å²) in [5.41, 5.74) is 0.438. The van der Waals surface area contributed by atoms with E-state index in [1.165, 1.54) is 30.0 Å². The van der Waals surface area contributed by atoms with Gasteiger partial charge >= 0.3 is 0 Å². The predicted octanol–water partition coefficient (Wildman–Crippen LogP) is 1.83. The van der Waals surface area contributed by atoms with Gasteiger partial charge in [-0.1, -0.05) is 0 Å². The Kier molecular flexibility index (Phi) is 3.57. The van der Waals surface area contributed by atoms with E-state index in [-0.39, 0.29) is 28.2 Å². The summed E-state index contributed by atoms with van der Waals surface area (Å²) < 4.78 is 0. The monoisotopic (exact) mass is 280 g/mol. The molecule has 1 saturated heterocycles. The number of rotatable bonds is 3. The lowest BCUT2D eigenvalue weighted by molar-refractivity contribution is -0.384. The van der Waals surface area contributed by atoms with Gasteiger partial charge in [-0.2, -0.15) is 12.6 Å². The van der Waals surface area contributed by atoms with Gasteiger partial charge in [0, 0.05) is 35.9 Å². The van der Waals surface area contributed by atoms with Crippen LogP contribution in [-0.4, -0.2) is 28.4 Å². The Morgan fingerprint density at radius 3 is 2.68 bits per heavy atom. The normalized spacial score (nSPS) is 18.7. The van der Waals surface area contributed by atoms with Gasteiger partial charge in [-0.3, -0.25) is 19.7 Å². The highest BCUT2D eigenvalue weighted by atomic mass is 32.1. The molecule has 0 bridgehead atoms. The number of nitro benzene ring substituents is 1. The zero-order valence-electron chi connectivity index (χ0n) is 10.2. The number of ketones is 1. The molecule has 1 aliphatic rings. The Morgan fingerprint density at radius 2 is 2.21 bits per heavy atom. The number of thiol groups is 1. The average Bonchev–Trinajstić information content (AvgIpc) is 2.67. The number of carbonyl (C=O) groups excluding carboxylic acids is 2. The van der Waals surface area contributed by atoms with Gasteiger partial charge in [-0.25, -0.2) is 0 Å². The number of anilines is 1. The quantitative estimate of drug-likeness (QED) is 0.396. The van der Waals surface area contributed by atoms with E-state index in [2.05, 4.69) is 12.6 Å². The highest BCUT2D eigenvalue weighted by molar-refractivity contribution is 7.81. The first-order valence-electron chi connectivity index (χ1n) is 5.68. The van der Waals surface area contributed by atoms with Gasteiger partial charge < -0.3 is 4.90 Å². The summed E-state index contributed by atoms with van der Waals surface area (Å²) in [5, 5.41) is 10.6. The molecule has 0 N–H and O–H groups in total. The number of hydrogen-bond acceptors (Lipinski definition) is 5. The van der Waals surface area contributed by atoms with Crippen molar-refractivity contribution in [2.45, 2.75) is 18.6 Å². The molecule has 0 radical (unpaired) electrons. The van der Waals surface area contributed by atoms with E-state index < -0.39 is 4.92 Å². The fraction of sp³-hybridized carbons (Fsp3) is 0.333. The van der Waals surface area contributed by atoms with Crippen LogP contribution in [0.1, 0.15) is 23.7 Å². The minimum absolute atomic E-state index is 0.0810. The molecular formula is C12H12N2O4S. The number of non-ortho nitro benzene ring substituents is 1. The molecule has 7 heteroatoms. The second-order valence-electron chi connectivity index (χ2n) is 4.38. The van der Waals surface area contributed by atoms with Crippen molar-refractivity contribution in [2.75, 3.05) is 11.4 Å². The molecular weight excluding hydrogens is 268 g/mol. The summed E-state index contributed by atoms with van der Waals surface area (Å²) in [6.07, 6.45) is 0.303. The van der Waals surface area contributed by atoms with Gasteiger partial charge in [0.05, 0.1) is 10.6 Å². The van der Waals surface area contributed by atoms with Crippen molar-refractivity contribution in [3.05, 3.63) is 33.9 Å². The Hall–Kier alpha value is -1.89. The van der Waals surface area contributed by atoms with Crippen LogP contribution >= 0.6 is 12.6 Å². The summed E-state index contributed by atoms with van der Waals surface area (Å²) >= 11 is 4.24. The van der Waals surface area contributed by atoms with Crippen LogP contribution < -0.4 is 4.90 Å². The topological polar surface area (TPSA) is 80.5 Å². The molecule has 1 unspecified atom stereocenters. The van der Waals surface area contributed by atoms with Gasteiger partial charge in [0.1, 0.15) is 0 Å². The number of amides is 1. The molecule has 0 aromatic heterocycles. The van der Waals surface area contributed by atoms with Crippen LogP contribution in [0.25, 0.3) is 0 Å². The molecule has 1 fully saturated rings. The number of nitro groups is 1. The van der Waals surface area contributed by atoms with Gasteiger partial charge in [0.15, 0.2) is 5.78 Å². The summed E-state index contributed by atoms with van der Waals surface area (Å²) in [7, 11) is 0. The van der Waals surface area contributed by atoms with E-state index in [1.807, 2.05) is 0 Å². The molecule has 100 valence electrons. The van der Waals surface area contributed by atoms with Crippen molar-refractivity contribution >= 4 is 35.7 Å². The largest absolute Gasteiger partial charge is 0.311 e. The molecule has 0 saturated carbocycles. The maximum Gasteiger partial charge on any atom is 0.270 e. The first kappa shape index (κ1) is 13.5. The van der Waals surface area contributed by atoms with Crippen molar-refractivity contribution in [1.82, 2.24) is 0 Å². The third kappa shape index (κ3) is 2.60. The van der Waals surface area contributed by atoms with E-state index >= 15 is 0 Å². The number of Topliss-reactive ketones (excluding diaryl/α,β-unsaturated/α-hetero) is 1. The van der Waals surface area contributed by atoms with Crippen LogP contribution in [0.15, 0.2) is 18.2 Å². The highest BCUT2D eigenvalue weighted by Crippen LogP contribution is 2.30. The van der Waals surface area contributed by atoms with E-state index in [0.717, 1.165) is 0 Å². The Balaban J connectivity index is 2.48. The van der Waals surface area contributed by atoms with E-state index in [1.54, 1.807) is 0 Å². The maximum absolute atomic E-state index is 11.8. The third-order valence-electron chi connectivity index (χ3n) is 2.97. The van der Waals surface area contributed by atoms with Crippen LogP contribution in [0.3, 0.4) is 0 Å². The lowest BCUT2D eigenvalue weighted by Gasteiger charge is -2.18. The van der Waals surface area contributed by atoms with Crippen LogP contribution in [-0.2, 0) is 4.79 Å². The molecule has 1 aromatic carbocycles. The van der Waals surface area contributed by atoms with Crippen molar-refractivity contribution in [3.8, 4) is 0 Å². The second-order valence-corrected chi connectivity index (χ2v) is 5.11. The maximum atomic E-state index is 11.8. The van der Waals surface area contributed by atoms with Gasteiger partial charge in [0.25, 0.3) is 5.69 Å². The van der Waals surface area contributed by atoms with Crippen molar-refractivity contribution < 1.29 is 14.5 Å². The number of benzene rings is 1. The molecule has 1 aliphatic heterocycles. The summed E-state index contributed by atoms with van der Waals surface area (Å²) in [4.78, 5) is 35.0.